The summed E-state index contributed by atoms with van der Waals surface area (Å²) in [5, 5.41) is 7.00. The quantitative estimate of drug-likeness (QED) is 0.728. The second-order valence-electron chi connectivity index (χ2n) is 7.75. The number of hydrogen-bond donors (Lipinski definition) is 0. The van der Waals surface area contributed by atoms with Gasteiger partial charge >= 0.3 is 0 Å². The lowest BCUT2D eigenvalue weighted by Gasteiger charge is -2.46. The molecule has 2 aliphatic rings. The molecule has 1 unspecified atom stereocenters. The second-order valence-corrected chi connectivity index (χ2v) is 7.75. The van der Waals surface area contributed by atoms with Gasteiger partial charge in [-0.1, -0.05) is 32.9 Å². The molecule has 0 N–H and O–H groups in total. The van der Waals surface area contributed by atoms with Gasteiger partial charge in [-0.15, -0.1) is 0 Å². The molecule has 0 aromatic heterocycles. The molecule has 0 aromatic carbocycles. The Balaban J connectivity index is 2.32. The Hall–Kier alpha value is -1.09. The average molecular weight is 276 g/mol. The van der Waals surface area contributed by atoms with Crippen LogP contribution in [0.1, 0.15) is 48.0 Å². The van der Waals surface area contributed by atoms with E-state index >= 15 is 0 Å². The first-order valence-corrected chi connectivity index (χ1v) is 7.52. The first-order chi connectivity index (χ1) is 9.19. The van der Waals surface area contributed by atoms with Crippen molar-refractivity contribution in [2.24, 2.45) is 10.5 Å². The van der Waals surface area contributed by atoms with Crippen molar-refractivity contribution in [3.63, 3.8) is 0 Å². The van der Waals surface area contributed by atoms with Crippen LogP contribution in [0.15, 0.2) is 28.4 Å². The number of allylic oxidation sites excluding steroid dienone is 1. The SMILES string of the molecule is CC(C)(C)C1C=C(C2=CCOCC2)C=NN1C(C)(C)C. The van der Waals surface area contributed by atoms with Gasteiger partial charge in [-0.25, -0.2) is 0 Å². The first-order valence-electron chi connectivity index (χ1n) is 7.52. The normalized spacial score (nSPS) is 24.5. The van der Waals surface area contributed by atoms with Gasteiger partial charge in [0.1, 0.15) is 0 Å². The zero-order chi connectivity index (χ0) is 15.0. The maximum absolute atomic E-state index is 5.40. The van der Waals surface area contributed by atoms with Crippen molar-refractivity contribution >= 4 is 6.21 Å². The molecule has 0 saturated carbocycles. The van der Waals surface area contributed by atoms with Gasteiger partial charge in [-0.3, -0.25) is 5.01 Å². The standard InChI is InChI=1S/C17H28N2O/c1-16(2,3)15-11-14(13-7-9-20-10-8-13)12-18-19(15)17(4,5)6/h7,11-12,15H,8-10H2,1-6H3. The van der Waals surface area contributed by atoms with Gasteiger partial charge in [-0.2, -0.15) is 5.10 Å². The van der Waals surface area contributed by atoms with Crippen LogP contribution in [0.25, 0.3) is 0 Å². The molecule has 1 atom stereocenters. The van der Waals surface area contributed by atoms with Gasteiger partial charge in [0, 0.05) is 0 Å². The van der Waals surface area contributed by atoms with Gasteiger partial charge in [0.25, 0.3) is 0 Å². The van der Waals surface area contributed by atoms with E-state index in [4.69, 9.17) is 9.84 Å². The van der Waals surface area contributed by atoms with Gasteiger partial charge in [0.15, 0.2) is 0 Å². The summed E-state index contributed by atoms with van der Waals surface area (Å²) in [6.45, 7) is 15.0. The summed E-state index contributed by atoms with van der Waals surface area (Å²) < 4.78 is 5.40. The molecule has 0 saturated heterocycles. The van der Waals surface area contributed by atoms with E-state index in [1.165, 1.54) is 11.1 Å². The van der Waals surface area contributed by atoms with Crippen LogP contribution >= 0.6 is 0 Å². The molecule has 20 heavy (non-hydrogen) atoms. The molecule has 3 heteroatoms. The summed E-state index contributed by atoms with van der Waals surface area (Å²) in [7, 11) is 0. The minimum Gasteiger partial charge on any atom is -0.377 e. The summed E-state index contributed by atoms with van der Waals surface area (Å²) in [6, 6.07) is 0.311. The largest absolute Gasteiger partial charge is 0.377 e. The highest BCUT2D eigenvalue weighted by molar-refractivity contribution is 5.85. The lowest BCUT2D eigenvalue weighted by atomic mass is 9.82. The van der Waals surface area contributed by atoms with Crippen LogP contribution in [-0.4, -0.2) is 36.0 Å². The Bertz CT molecular complexity index is 447. The summed E-state index contributed by atoms with van der Waals surface area (Å²) in [5.74, 6) is 0. The van der Waals surface area contributed by atoms with Crippen LogP contribution in [-0.2, 0) is 4.74 Å². The zero-order valence-electron chi connectivity index (χ0n) is 13.7. The van der Waals surface area contributed by atoms with Gasteiger partial charge in [-0.05, 0) is 43.8 Å². The Labute approximate surface area is 123 Å². The highest BCUT2D eigenvalue weighted by atomic mass is 16.5. The fraction of sp³-hybridized carbons (Fsp3) is 0.706. The molecule has 2 aliphatic heterocycles. The Morgan fingerprint density at radius 3 is 2.40 bits per heavy atom. The summed E-state index contributed by atoms with van der Waals surface area (Å²) in [4.78, 5) is 0. The van der Waals surface area contributed by atoms with Crippen LogP contribution in [0.3, 0.4) is 0 Å². The molecule has 0 aliphatic carbocycles. The van der Waals surface area contributed by atoms with E-state index in [0.29, 0.717) is 6.04 Å². The molecule has 0 fully saturated rings. The first kappa shape index (κ1) is 15.3. The van der Waals surface area contributed by atoms with Crippen molar-refractivity contribution in [2.45, 2.75) is 59.5 Å². The summed E-state index contributed by atoms with van der Waals surface area (Å²) in [6.07, 6.45) is 7.58. The van der Waals surface area contributed by atoms with E-state index in [2.05, 4.69) is 58.7 Å². The van der Waals surface area contributed by atoms with Gasteiger partial charge < -0.3 is 4.74 Å². The van der Waals surface area contributed by atoms with Crippen molar-refractivity contribution in [3.8, 4) is 0 Å². The molecule has 0 spiro atoms. The molecule has 112 valence electrons. The molecule has 0 radical (unpaired) electrons. The lowest BCUT2D eigenvalue weighted by molar-refractivity contribution is 0.0500. The zero-order valence-corrected chi connectivity index (χ0v) is 13.7. The molecule has 2 heterocycles. The smallest absolute Gasteiger partial charge is 0.0714 e. The third-order valence-corrected chi connectivity index (χ3v) is 3.83. The molecule has 0 aromatic rings. The fourth-order valence-electron chi connectivity index (χ4n) is 2.67. The van der Waals surface area contributed by atoms with Crippen molar-refractivity contribution in [1.29, 1.82) is 0 Å². The average Bonchev–Trinajstić information content (AvgIpc) is 2.37. The minimum absolute atomic E-state index is 0.0283. The van der Waals surface area contributed by atoms with Crippen LogP contribution in [0, 0.1) is 5.41 Å². The third-order valence-electron chi connectivity index (χ3n) is 3.83. The highest BCUT2D eigenvalue weighted by Gasteiger charge is 2.36. The lowest BCUT2D eigenvalue weighted by Crippen LogP contribution is -2.50. The van der Waals surface area contributed by atoms with Gasteiger partial charge in [0.2, 0.25) is 0 Å². The van der Waals surface area contributed by atoms with Crippen molar-refractivity contribution in [3.05, 3.63) is 23.3 Å². The number of nitrogens with zero attached hydrogens (tertiary/aromatic N) is 2. The molecular formula is C17H28N2O. The number of hydrazone groups is 1. The van der Waals surface area contributed by atoms with Crippen LogP contribution in [0.4, 0.5) is 0 Å². The van der Waals surface area contributed by atoms with Gasteiger partial charge in [0.05, 0.1) is 31.0 Å². The van der Waals surface area contributed by atoms with E-state index in [1.54, 1.807) is 0 Å². The van der Waals surface area contributed by atoms with E-state index < -0.39 is 0 Å². The number of hydrogen-bond acceptors (Lipinski definition) is 3. The van der Waals surface area contributed by atoms with Crippen molar-refractivity contribution in [2.75, 3.05) is 13.2 Å². The number of rotatable bonds is 1. The number of ether oxygens (including phenoxy) is 1. The van der Waals surface area contributed by atoms with E-state index in [0.717, 1.165) is 19.6 Å². The van der Waals surface area contributed by atoms with E-state index in [-0.39, 0.29) is 11.0 Å². The molecular weight excluding hydrogens is 248 g/mol. The molecule has 3 nitrogen and oxygen atoms in total. The molecule has 0 bridgehead atoms. The minimum atomic E-state index is 0.0283. The van der Waals surface area contributed by atoms with Crippen LogP contribution in [0.5, 0.6) is 0 Å². The molecule has 0 amide bonds. The highest BCUT2D eigenvalue weighted by Crippen LogP contribution is 2.35. The fourth-order valence-corrected chi connectivity index (χ4v) is 2.67. The maximum atomic E-state index is 5.40. The monoisotopic (exact) mass is 276 g/mol. The summed E-state index contributed by atoms with van der Waals surface area (Å²) >= 11 is 0. The van der Waals surface area contributed by atoms with Crippen LogP contribution < -0.4 is 0 Å². The van der Waals surface area contributed by atoms with Crippen molar-refractivity contribution < 1.29 is 4.74 Å². The predicted molar refractivity (Wildman–Crippen MR) is 84.9 cm³/mol. The predicted octanol–water partition coefficient (Wildman–Crippen LogP) is 3.77. The van der Waals surface area contributed by atoms with Crippen LogP contribution in [0.2, 0.25) is 0 Å². The summed E-state index contributed by atoms with van der Waals surface area (Å²) in [5.41, 5.74) is 2.83. The Morgan fingerprint density at radius 1 is 1.20 bits per heavy atom. The maximum Gasteiger partial charge on any atom is 0.0714 e. The van der Waals surface area contributed by atoms with Crippen molar-refractivity contribution in [1.82, 2.24) is 5.01 Å². The Morgan fingerprint density at radius 2 is 1.90 bits per heavy atom. The second kappa shape index (κ2) is 5.36. The topological polar surface area (TPSA) is 24.8 Å². The van der Waals surface area contributed by atoms with E-state index in [1.807, 2.05) is 6.21 Å². The third kappa shape index (κ3) is 3.32. The van der Waals surface area contributed by atoms with E-state index in [9.17, 15) is 0 Å². The molecule has 2 rings (SSSR count). The Kier molecular flexibility index (Phi) is 4.10.